The van der Waals surface area contributed by atoms with Crippen LogP contribution < -0.4 is 0 Å². The van der Waals surface area contributed by atoms with Crippen LogP contribution in [-0.2, 0) is 11.3 Å². The van der Waals surface area contributed by atoms with Gasteiger partial charge in [-0.15, -0.1) is 0 Å². The number of carbonyl (C=O) groups excluding carboxylic acids is 1. The maximum Gasteiger partial charge on any atom is 0.223 e. The molecule has 4 nitrogen and oxygen atoms in total. The number of furan rings is 1. The summed E-state index contributed by atoms with van der Waals surface area (Å²) >= 11 is 0. The predicted octanol–water partition coefficient (Wildman–Crippen LogP) is 1.13. The molecule has 0 aliphatic carbocycles. The zero-order chi connectivity index (χ0) is 10.6. The van der Waals surface area contributed by atoms with Crippen molar-refractivity contribution in [2.45, 2.75) is 38.5 Å². The van der Waals surface area contributed by atoms with Gasteiger partial charge in [0, 0.05) is 12.0 Å². The Hall–Kier alpha value is -1.29. The van der Waals surface area contributed by atoms with Gasteiger partial charge in [0.15, 0.2) is 0 Å². The summed E-state index contributed by atoms with van der Waals surface area (Å²) in [6.07, 6.45) is 0.729. The number of carbonyl (C=O) groups is 1. The fraction of sp³-hybridized carbons (Fsp3) is 0.545. The topological polar surface area (TPSA) is 53.7 Å². The molecule has 15 heavy (non-hydrogen) atoms. The van der Waals surface area contributed by atoms with Gasteiger partial charge in [0.1, 0.15) is 17.6 Å². The van der Waals surface area contributed by atoms with E-state index in [9.17, 15) is 9.90 Å². The van der Waals surface area contributed by atoms with E-state index in [2.05, 4.69) is 0 Å². The molecule has 0 saturated carbocycles. The number of hydrogen-bond acceptors (Lipinski definition) is 3. The quantitative estimate of drug-likeness (QED) is 0.693. The number of aryl methyl sites for hydroxylation is 1. The van der Waals surface area contributed by atoms with Crippen LogP contribution in [0.25, 0.3) is 0 Å². The van der Waals surface area contributed by atoms with Crippen LogP contribution in [0, 0.1) is 6.92 Å². The van der Waals surface area contributed by atoms with Crippen LogP contribution in [-0.4, -0.2) is 22.0 Å². The fourth-order valence-electron chi connectivity index (χ4n) is 2.61. The summed E-state index contributed by atoms with van der Waals surface area (Å²) in [6, 6.07) is 1.84. The third-order valence-corrected chi connectivity index (χ3v) is 3.34. The van der Waals surface area contributed by atoms with Crippen LogP contribution in [0.5, 0.6) is 0 Å². The molecule has 2 aliphatic heterocycles. The van der Waals surface area contributed by atoms with Gasteiger partial charge in [0.05, 0.1) is 12.6 Å². The summed E-state index contributed by atoms with van der Waals surface area (Å²) in [4.78, 5) is 13.3. The Morgan fingerprint density at radius 2 is 2.40 bits per heavy atom. The van der Waals surface area contributed by atoms with Gasteiger partial charge < -0.3 is 14.4 Å². The zero-order valence-corrected chi connectivity index (χ0v) is 8.56. The normalized spacial score (nSPS) is 29.2. The number of aliphatic hydroxyl groups excluding tert-OH is 1. The van der Waals surface area contributed by atoms with Crippen LogP contribution in [0.3, 0.4) is 0 Å². The summed E-state index contributed by atoms with van der Waals surface area (Å²) in [5.41, 5.74) is 0.864. The smallest absolute Gasteiger partial charge is 0.223 e. The third-order valence-electron chi connectivity index (χ3n) is 3.34. The average molecular weight is 207 g/mol. The van der Waals surface area contributed by atoms with Crippen molar-refractivity contribution in [1.29, 1.82) is 0 Å². The monoisotopic (exact) mass is 207 g/mol. The van der Waals surface area contributed by atoms with Crippen molar-refractivity contribution in [3.63, 3.8) is 0 Å². The molecule has 1 saturated heterocycles. The highest BCUT2D eigenvalue weighted by Gasteiger charge is 2.42. The first-order chi connectivity index (χ1) is 7.16. The molecule has 1 N–H and O–H groups in total. The number of hydrogen-bond donors (Lipinski definition) is 1. The predicted molar refractivity (Wildman–Crippen MR) is 52.0 cm³/mol. The van der Waals surface area contributed by atoms with Crippen molar-refractivity contribution < 1.29 is 14.3 Å². The maximum atomic E-state index is 11.5. The van der Waals surface area contributed by atoms with Gasteiger partial charge in [-0.2, -0.15) is 0 Å². The Kier molecular flexibility index (Phi) is 1.71. The Bertz CT molecular complexity index is 423. The van der Waals surface area contributed by atoms with E-state index < -0.39 is 6.10 Å². The number of fused-ring (bicyclic) bond motifs is 2. The molecular formula is C11H13NO3. The number of nitrogens with zero attached hydrogens (tertiary/aromatic N) is 1. The molecule has 1 aromatic rings. The van der Waals surface area contributed by atoms with E-state index in [-0.39, 0.29) is 11.9 Å². The summed E-state index contributed by atoms with van der Waals surface area (Å²) in [6.45, 7) is 2.38. The van der Waals surface area contributed by atoms with E-state index in [0.717, 1.165) is 23.5 Å². The standard InChI is InChI=1S/C11H13NO3/c1-6-4-7-9(15-6)5-12-8(11(7)14)2-3-10(12)13/h4,8,11,14H,2-3,5H2,1H3/t8-,11+/m1/s1. The van der Waals surface area contributed by atoms with E-state index in [1.54, 1.807) is 4.90 Å². The first kappa shape index (κ1) is 8.97. The highest BCUT2D eigenvalue weighted by molar-refractivity contribution is 5.79. The molecular weight excluding hydrogens is 194 g/mol. The highest BCUT2D eigenvalue weighted by Crippen LogP contribution is 2.38. The fourth-order valence-corrected chi connectivity index (χ4v) is 2.61. The Balaban J connectivity index is 2.05. The molecule has 2 aliphatic rings. The minimum absolute atomic E-state index is 0.0398. The molecule has 0 spiro atoms. The average Bonchev–Trinajstić information content (AvgIpc) is 2.72. The summed E-state index contributed by atoms with van der Waals surface area (Å²) in [5, 5.41) is 10.1. The van der Waals surface area contributed by atoms with Gasteiger partial charge in [0.2, 0.25) is 5.91 Å². The second-order valence-electron chi connectivity index (χ2n) is 4.31. The second-order valence-corrected chi connectivity index (χ2v) is 4.31. The highest BCUT2D eigenvalue weighted by atomic mass is 16.3. The molecule has 80 valence electrons. The zero-order valence-electron chi connectivity index (χ0n) is 8.56. The molecule has 0 radical (unpaired) electrons. The van der Waals surface area contributed by atoms with Gasteiger partial charge in [-0.05, 0) is 19.4 Å². The van der Waals surface area contributed by atoms with Crippen molar-refractivity contribution in [2.75, 3.05) is 0 Å². The van der Waals surface area contributed by atoms with E-state index in [1.165, 1.54) is 0 Å². The van der Waals surface area contributed by atoms with Crippen LogP contribution in [0.2, 0.25) is 0 Å². The molecule has 0 unspecified atom stereocenters. The molecule has 4 heteroatoms. The van der Waals surface area contributed by atoms with Gasteiger partial charge in [-0.3, -0.25) is 4.79 Å². The van der Waals surface area contributed by atoms with Crippen molar-refractivity contribution in [3.8, 4) is 0 Å². The molecule has 3 rings (SSSR count). The minimum Gasteiger partial charge on any atom is -0.464 e. The van der Waals surface area contributed by atoms with Gasteiger partial charge in [-0.1, -0.05) is 0 Å². The van der Waals surface area contributed by atoms with Crippen LogP contribution >= 0.6 is 0 Å². The molecule has 3 heterocycles. The van der Waals surface area contributed by atoms with Crippen LogP contribution in [0.1, 0.15) is 36.0 Å². The molecule has 0 aromatic carbocycles. The van der Waals surface area contributed by atoms with Crippen molar-refractivity contribution in [2.24, 2.45) is 0 Å². The second kappa shape index (κ2) is 2.85. The Morgan fingerprint density at radius 1 is 1.60 bits per heavy atom. The van der Waals surface area contributed by atoms with E-state index in [1.807, 2.05) is 13.0 Å². The first-order valence-electron chi connectivity index (χ1n) is 5.23. The van der Waals surface area contributed by atoms with Crippen molar-refractivity contribution >= 4 is 5.91 Å². The molecule has 1 fully saturated rings. The molecule has 0 bridgehead atoms. The summed E-state index contributed by atoms with van der Waals surface area (Å²) in [5.74, 6) is 1.66. The van der Waals surface area contributed by atoms with Crippen LogP contribution in [0.15, 0.2) is 10.5 Å². The van der Waals surface area contributed by atoms with E-state index in [4.69, 9.17) is 4.42 Å². The summed E-state index contributed by atoms with van der Waals surface area (Å²) < 4.78 is 5.48. The lowest BCUT2D eigenvalue weighted by molar-refractivity contribution is -0.132. The number of aliphatic hydroxyl groups is 1. The molecule has 1 amide bonds. The van der Waals surface area contributed by atoms with Crippen LogP contribution in [0.4, 0.5) is 0 Å². The van der Waals surface area contributed by atoms with Gasteiger partial charge in [-0.25, -0.2) is 0 Å². The van der Waals surface area contributed by atoms with E-state index >= 15 is 0 Å². The maximum absolute atomic E-state index is 11.5. The Morgan fingerprint density at radius 3 is 3.20 bits per heavy atom. The first-order valence-corrected chi connectivity index (χ1v) is 5.23. The number of amides is 1. The lowest BCUT2D eigenvalue weighted by atomic mass is 9.97. The lowest BCUT2D eigenvalue weighted by Gasteiger charge is -2.32. The molecule has 1 aromatic heterocycles. The molecule has 2 atom stereocenters. The van der Waals surface area contributed by atoms with Gasteiger partial charge in [0.25, 0.3) is 0 Å². The SMILES string of the molecule is Cc1cc2c(o1)CN1C(=O)CC[C@@H]1[C@H]2O. The third kappa shape index (κ3) is 1.14. The van der Waals surface area contributed by atoms with Crippen molar-refractivity contribution in [3.05, 3.63) is 23.2 Å². The van der Waals surface area contributed by atoms with Gasteiger partial charge >= 0.3 is 0 Å². The lowest BCUT2D eigenvalue weighted by Crippen LogP contribution is -2.40. The largest absolute Gasteiger partial charge is 0.464 e. The Labute approximate surface area is 87.5 Å². The van der Waals surface area contributed by atoms with Crippen molar-refractivity contribution in [1.82, 2.24) is 4.90 Å². The minimum atomic E-state index is -0.572. The number of rotatable bonds is 0. The van der Waals surface area contributed by atoms with E-state index in [0.29, 0.717) is 13.0 Å². The summed E-state index contributed by atoms with van der Waals surface area (Å²) in [7, 11) is 0.